The van der Waals surface area contributed by atoms with Gasteiger partial charge in [-0.25, -0.2) is 4.39 Å². The fourth-order valence-corrected chi connectivity index (χ4v) is 1.87. The third kappa shape index (κ3) is 6.02. The quantitative estimate of drug-likeness (QED) is 0.601. The molecule has 0 amide bonds. The third-order valence-electron chi connectivity index (χ3n) is 3.65. The largest absolute Gasteiger partial charge is 0.375 e. The monoisotopic (exact) mass is 309 g/mol. The van der Waals surface area contributed by atoms with Gasteiger partial charge in [-0.1, -0.05) is 26.0 Å². The first-order chi connectivity index (χ1) is 10.5. The van der Waals surface area contributed by atoms with E-state index in [0.717, 1.165) is 18.1 Å². The van der Waals surface area contributed by atoms with E-state index in [1.54, 1.807) is 19.2 Å². The molecule has 0 aliphatic carbocycles. The Balaban J connectivity index is 2.75. The van der Waals surface area contributed by atoms with Crippen LogP contribution >= 0.6 is 0 Å². The lowest BCUT2D eigenvalue weighted by Crippen LogP contribution is -2.44. The van der Waals surface area contributed by atoms with Gasteiger partial charge in [0.25, 0.3) is 0 Å². The predicted molar refractivity (Wildman–Crippen MR) is 89.6 cm³/mol. The van der Waals surface area contributed by atoms with Gasteiger partial charge in [-0.2, -0.15) is 0 Å². The van der Waals surface area contributed by atoms with Crippen LogP contribution < -0.4 is 10.6 Å². The number of methoxy groups -OCH3 is 1. The van der Waals surface area contributed by atoms with Crippen LogP contribution in [0.25, 0.3) is 0 Å². The highest BCUT2D eigenvalue weighted by Gasteiger charge is 2.12. The molecule has 4 nitrogen and oxygen atoms in total. The van der Waals surface area contributed by atoms with Gasteiger partial charge in [0, 0.05) is 19.7 Å². The van der Waals surface area contributed by atoms with Crippen molar-refractivity contribution in [3.63, 3.8) is 0 Å². The summed E-state index contributed by atoms with van der Waals surface area (Å²) in [6.45, 7) is 9.76. The highest BCUT2D eigenvalue weighted by atomic mass is 19.1. The highest BCUT2D eigenvalue weighted by Crippen LogP contribution is 2.17. The Morgan fingerprint density at radius 3 is 2.36 bits per heavy atom. The maximum Gasteiger partial charge on any atom is 0.191 e. The molecule has 1 aromatic rings. The number of benzene rings is 1. The van der Waals surface area contributed by atoms with Crippen molar-refractivity contribution in [2.24, 2.45) is 10.9 Å². The zero-order valence-corrected chi connectivity index (χ0v) is 14.2. The Hall–Kier alpha value is -1.62. The van der Waals surface area contributed by atoms with E-state index in [-0.39, 0.29) is 11.9 Å². The standard InChI is InChI=1S/C17H28FN3O/c1-6-19-17(21-13(4)12(2)3)20-11-16(22-5)14-7-9-15(18)10-8-14/h7-10,12-13,16H,6,11H2,1-5H3,(H2,19,20,21). The van der Waals surface area contributed by atoms with Crippen LogP contribution in [-0.2, 0) is 4.74 Å². The summed E-state index contributed by atoms with van der Waals surface area (Å²) >= 11 is 0. The Labute approximate surface area is 133 Å². The number of guanidine groups is 1. The van der Waals surface area contributed by atoms with Gasteiger partial charge in [0.2, 0.25) is 0 Å². The molecule has 2 unspecified atom stereocenters. The molecule has 0 spiro atoms. The number of halogens is 1. The van der Waals surface area contributed by atoms with Gasteiger partial charge in [-0.15, -0.1) is 0 Å². The summed E-state index contributed by atoms with van der Waals surface area (Å²) in [6.07, 6.45) is -0.189. The van der Waals surface area contributed by atoms with Crippen molar-refractivity contribution in [3.8, 4) is 0 Å². The fourth-order valence-electron chi connectivity index (χ4n) is 1.87. The molecule has 2 N–H and O–H groups in total. The Bertz CT molecular complexity index is 459. The van der Waals surface area contributed by atoms with E-state index in [4.69, 9.17) is 4.74 Å². The van der Waals surface area contributed by atoms with Crippen molar-refractivity contribution in [2.45, 2.75) is 39.8 Å². The first kappa shape index (κ1) is 18.4. The second-order valence-electron chi connectivity index (χ2n) is 5.67. The number of hydrogen-bond acceptors (Lipinski definition) is 2. The van der Waals surface area contributed by atoms with Crippen molar-refractivity contribution >= 4 is 5.96 Å². The van der Waals surface area contributed by atoms with Crippen LogP contribution in [0.1, 0.15) is 39.4 Å². The summed E-state index contributed by atoms with van der Waals surface area (Å²) in [5.41, 5.74) is 0.917. The topological polar surface area (TPSA) is 45.7 Å². The maximum absolute atomic E-state index is 13.0. The third-order valence-corrected chi connectivity index (χ3v) is 3.65. The van der Waals surface area contributed by atoms with Crippen molar-refractivity contribution < 1.29 is 9.13 Å². The zero-order chi connectivity index (χ0) is 16.5. The number of rotatable bonds is 7. The van der Waals surface area contributed by atoms with Crippen LogP contribution in [-0.4, -0.2) is 32.2 Å². The number of aliphatic imine (C=N–C) groups is 1. The Morgan fingerprint density at radius 2 is 1.86 bits per heavy atom. The highest BCUT2D eigenvalue weighted by molar-refractivity contribution is 5.80. The molecule has 0 aliphatic rings. The molecule has 0 aliphatic heterocycles. The molecule has 0 bridgehead atoms. The van der Waals surface area contributed by atoms with E-state index < -0.39 is 0 Å². The van der Waals surface area contributed by atoms with Gasteiger partial charge in [0.15, 0.2) is 5.96 Å². The molecule has 0 saturated carbocycles. The first-order valence-corrected chi connectivity index (χ1v) is 7.81. The maximum atomic E-state index is 13.0. The van der Waals surface area contributed by atoms with Gasteiger partial charge < -0.3 is 15.4 Å². The Kier molecular flexibility index (Phi) is 7.88. The molecule has 0 aromatic heterocycles. The van der Waals surface area contributed by atoms with E-state index in [1.807, 2.05) is 6.92 Å². The number of nitrogens with one attached hydrogen (secondary N) is 2. The van der Waals surface area contributed by atoms with E-state index >= 15 is 0 Å². The van der Waals surface area contributed by atoms with Crippen LogP contribution in [0.4, 0.5) is 4.39 Å². The summed E-state index contributed by atoms with van der Waals surface area (Å²) in [4.78, 5) is 4.58. The van der Waals surface area contributed by atoms with Crippen LogP contribution in [0.15, 0.2) is 29.3 Å². The zero-order valence-electron chi connectivity index (χ0n) is 14.2. The second-order valence-corrected chi connectivity index (χ2v) is 5.67. The number of nitrogens with zero attached hydrogens (tertiary/aromatic N) is 1. The lowest BCUT2D eigenvalue weighted by molar-refractivity contribution is 0.111. The average Bonchev–Trinajstić information content (AvgIpc) is 2.49. The van der Waals surface area contributed by atoms with Gasteiger partial charge in [-0.05, 0) is 37.5 Å². The van der Waals surface area contributed by atoms with Crippen LogP contribution in [0.3, 0.4) is 0 Å². The number of hydrogen-bond donors (Lipinski definition) is 2. The summed E-state index contributed by atoms with van der Waals surface area (Å²) in [7, 11) is 1.64. The van der Waals surface area contributed by atoms with Crippen LogP contribution in [0.5, 0.6) is 0 Å². The molecule has 124 valence electrons. The van der Waals surface area contributed by atoms with Crippen molar-refractivity contribution in [2.75, 3.05) is 20.2 Å². The molecule has 1 rings (SSSR count). The summed E-state index contributed by atoms with van der Waals surface area (Å²) in [5, 5.41) is 6.61. The van der Waals surface area contributed by atoms with Gasteiger partial charge in [0.05, 0.1) is 6.54 Å². The molecular formula is C17H28FN3O. The van der Waals surface area contributed by atoms with Gasteiger partial charge >= 0.3 is 0 Å². The first-order valence-electron chi connectivity index (χ1n) is 7.81. The van der Waals surface area contributed by atoms with E-state index in [2.05, 4.69) is 36.4 Å². The lowest BCUT2D eigenvalue weighted by Gasteiger charge is -2.21. The molecular weight excluding hydrogens is 281 g/mol. The molecule has 5 heteroatoms. The number of ether oxygens (including phenoxy) is 1. The van der Waals surface area contributed by atoms with Crippen molar-refractivity contribution in [1.29, 1.82) is 0 Å². The second kappa shape index (κ2) is 9.41. The Morgan fingerprint density at radius 1 is 1.23 bits per heavy atom. The molecule has 2 atom stereocenters. The van der Waals surface area contributed by atoms with Crippen molar-refractivity contribution in [1.82, 2.24) is 10.6 Å². The predicted octanol–water partition coefficient (Wildman–Crippen LogP) is 3.11. The molecule has 0 heterocycles. The SMILES string of the molecule is CCNC(=NCC(OC)c1ccc(F)cc1)NC(C)C(C)C. The van der Waals surface area contributed by atoms with E-state index in [9.17, 15) is 4.39 Å². The minimum Gasteiger partial charge on any atom is -0.375 e. The van der Waals surface area contributed by atoms with Crippen LogP contribution in [0.2, 0.25) is 0 Å². The lowest BCUT2D eigenvalue weighted by atomic mass is 10.1. The van der Waals surface area contributed by atoms with E-state index in [0.29, 0.717) is 18.5 Å². The summed E-state index contributed by atoms with van der Waals surface area (Å²) < 4.78 is 18.5. The minimum absolute atomic E-state index is 0.189. The van der Waals surface area contributed by atoms with Crippen molar-refractivity contribution in [3.05, 3.63) is 35.6 Å². The average molecular weight is 309 g/mol. The summed E-state index contributed by atoms with van der Waals surface area (Å²) in [5.74, 6) is 1.04. The normalized spacial score (nSPS) is 14.8. The molecule has 1 aromatic carbocycles. The smallest absolute Gasteiger partial charge is 0.191 e. The summed E-state index contributed by atoms with van der Waals surface area (Å²) in [6, 6.07) is 6.67. The van der Waals surface area contributed by atoms with E-state index in [1.165, 1.54) is 12.1 Å². The molecule has 0 fully saturated rings. The van der Waals surface area contributed by atoms with Crippen LogP contribution in [0, 0.1) is 11.7 Å². The molecule has 0 saturated heterocycles. The van der Waals surface area contributed by atoms with Gasteiger partial charge in [-0.3, -0.25) is 4.99 Å². The van der Waals surface area contributed by atoms with Gasteiger partial charge in [0.1, 0.15) is 11.9 Å². The fraction of sp³-hybridized carbons (Fsp3) is 0.588. The molecule has 0 radical (unpaired) electrons. The molecule has 22 heavy (non-hydrogen) atoms. The minimum atomic E-state index is -0.247.